The first-order valence-electron chi connectivity index (χ1n) is 8.07. The maximum absolute atomic E-state index is 11.7. The van der Waals surface area contributed by atoms with Crippen molar-refractivity contribution in [3.05, 3.63) is 60.3 Å². The molecule has 6 nitrogen and oxygen atoms in total. The first-order valence-corrected chi connectivity index (χ1v) is 8.89. The van der Waals surface area contributed by atoms with Gasteiger partial charge in [-0.3, -0.25) is 0 Å². The monoisotopic (exact) mass is 365 g/mol. The van der Waals surface area contributed by atoms with E-state index in [4.69, 9.17) is 4.74 Å². The van der Waals surface area contributed by atoms with Crippen molar-refractivity contribution in [2.75, 3.05) is 6.61 Å². The van der Waals surface area contributed by atoms with Gasteiger partial charge < -0.3 is 9.84 Å². The Labute approximate surface area is 153 Å². The first kappa shape index (κ1) is 16.3. The SMILES string of the molecule is CCOC(=O)c1ccc(-c2cn3nc(-c4ccc(O)cc4)sc3n2)cc1. The molecule has 0 atom stereocenters. The van der Waals surface area contributed by atoms with E-state index in [1.54, 1.807) is 35.7 Å². The van der Waals surface area contributed by atoms with Crippen molar-refractivity contribution in [1.82, 2.24) is 14.6 Å². The van der Waals surface area contributed by atoms with Gasteiger partial charge in [0.25, 0.3) is 0 Å². The van der Waals surface area contributed by atoms with E-state index < -0.39 is 0 Å². The van der Waals surface area contributed by atoms with Gasteiger partial charge in [-0.05, 0) is 43.3 Å². The van der Waals surface area contributed by atoms with Gasteiger partial charge in [0.15, 0.2) is 0 Å². The molecule has 2 aromatic heterocycles. The molecular formula is C19H15N3O3S. The minimum Gasteiger partial charge on any atom is -0.508 e. The van der Waals surface area contributed by atoms with Gasteiger partial charge in [0.1, 0.15) is 10.8 Å². The third-order valence-corrected chi connectivity index (χ3v) is 4.82. The Morgan fingerprint density at radius 3 is 2.46 bits per heavy atom. The average molecular weight is 365 g/mol. The zero-order chi connectivity index (χ0) is 18.1. The number of fused-ring (bicyclic) bond motifs is 1. The van der Waals surface area contributed by atoms with Crippen molar-refractivity contribution >= 4 is 22.3 Å². The molecule has 0 fully saturated rings. The molecule has 4 rings (SSSR count). The van der Waals surface area contributed by atoms with Crippen LogP contribution in [0.5, 0.6) is 5.75 Å². The highest BCUT2D eigenvalue weighted by Gasteiger charge is 2.12. The van der Waals surface area contributed by atoms with Gasteiger partial charge in [0.2, 0.25) is 4.96 Å². The second-order valence-electron chi connectivity index (χ2n) is 5.61. The summed E-state index contributed by atoms with van der Waals surface area (Å²) < 4.78 is 6.73. The molecule has 7 heteroatoms. The molecule has 2 aromatic carbocycles. The van der Waals surface area contributed by atoms with Crippen LogP contribution in [-0.4, -0.2) is 32.3 Å². The lowest BCUT2D eigenvalue weighted by molar-refractivity contribution is 0.0526. The molecule has 0 radical (unpaired) electrons. The molecule has 26 heavy (non-hydrogen) atoms. The Morgan fingerprint density at radius 1 is 1.12 bits per heavy atom. The quantitative estimate of drug-likeness (QED) is 0.553. The fourth-order valence-electron chi connectivity index (χ4n) is 2.55. The minimum atomic E-state index is -0.329. The number of hydrogen-bond donors (Lipinski definition) is 1. The third-order valence-electron chi connectivity index (χ3n) is 3.85. The number of phenolic OH excluding ortho intramolecular Hbond substituents is 1. The largest absolute Gasteiger partial charge is 0.508 e. The van der Waals surface area contributed by atoms with Crippen LogP contribution in [0.25, 0.3) is 26.8 Å². The molecule has 0 saturated heterocycles. The lowest BCUT2D eigenvalue weighted by Gasteiger charge is -2.02. The lowest BCUT2D eigenvalue weighted by Crippen LogP contribution is -2.03. The second kappa shape index (κ2) is 6.61. The van der Waals surface area contributed by atoms with Crippen molar-refractivity contribution in [2.45, 2.75) is 6.92 Å². The number of aromatic nitrogens is 3. The summed E-state index contributed by atoms with van der Waals surface area (Å²) in [5.41, 5.74) is 3.14. The second-order valence-corrected chi connectivity index (χ2v) is 6.56. The van der Waals surface area contributed by atoms with E-state index in [1.165, 1.54) is 11.3 Å². The smallest absolute Gasteiger partial charge is 0.338 e. The third kappa shape index (κ3) is 3.04. The van der Waals surface area contributed by atoms with Crippen molar-refractivity contribution in [1.29, 1.82) is 0 Å². The molecule has 0 aliphatic carbocycles. The van der Waals surface area contributed by atoms with Crippen LogP contribution in [-0.2, 0) is 4.74 Å². The lowest BCUT2D eigenvalue weighted by atomic mass is 10.1. The Kier molecular flexibility index (Phi) is 4.14. The van der Waals surface area contributed by atoms with Crippen molar-refractivity contribution in [2.24, 2.45) is 0 Å². The number of carbonyl (C=O) groups is 1. The standard InChI is InChI=1S/C19H15N3O3S/c1-2-25-18(24)14-5-3-12(4-6-14)16-11-22-19(20-16)26-17(21-22)13-7-9-15(23)10-8-13/h3-11,23H,2H2,1H3. The number of hydrogen-bond acceptors (Lipinski definition) is 6. The number of rotatable bonds is 4. The van der Waals surface area contributed by atoms with Crippen molar-refractivity contribution < 1.29 is 14.6 Å². The van der Waals surface area contributed by atoms with Crippen LogP contribution >= 0.6 is 11.3 Å². The summed E-state index contributed by atoms with van der Waals surface area (Å²) in [7, 11) is 0. The van der Waals surface area contributed by atoms with Gasteiger partial charge in [-0.2, -0.15) is 5.10 Å². The molecule has 4 aromatic rings. The van der Waals surface area contributed by atoms with Gasteiger partial charge in [-0.25, -0.2) is 14.3 Å². The Balaban J connectivity index is 1.61. The molecule has 0 bridgehead atoms. The van der Waals surface area contributed by atoms with E-state index in [1.807, 2.05) is 30.5 Å². The molecule has 1 N–H and O–H groups in total. The van der Waals surface area contributed by atoms with Crippen LogP contribution in [0.3, 0.4) is 0 Å². The Morgan fingerprint density at radius 2 is 1.81 bits per heavy atom. The van der Waals surface area contributed by atoms with E-state index >= 15 is 0 Å². The van der Waals surface area contributed by atoms with E-state index in [-0.39, 0.29) is 11.7 Å². The summed E-state index contributed by atoms with van der Waals surface area (Å²) in [6.07, 6.45) is 1.86. The van der Waals surface area contributed by atoms with E-state index in [0.717, 1.165) is 26.8 Å². The van der Waals surface area contributed by atoms with Crippen LogP contribution in [0.4, 0.5) is 0 Å². The zero-order valence-corrected chi connectivity index (χ0v) is 14.7. The van der Waals surface area contributed by atoms with Crippen molar-refractivity contribution in [3.63, 3.8) is 0 Å². The van der Waals surface area contributed by atoms with Gasteiger partial charge in [0.05, 0.1) is 24.1 Å². The fraction of sp³-hybridized carbons (Fsp3) is 0.105. The summed E-state index contributed by atoms with van der Waals surface area (Å²) in [6.45, 7) is 2.14. The summed E-state index contributed by atoms with van der Waals surface area (Å²) in [4.78, 5) is 17.1. The van der Waals surface area contributed by atoms with Gasteiger partial charge in [0, 0.05) is 11.1 Å². The van der Waals surface area contributed by atoms with Crippen LogP contribution in [0, 0.1) is 0 Å². The van der Waals surface area contributed by atoms with Gasteiger partial charge in [-0.15, -0.1) is 0 Å². The predicted molar refractivity (Wildman–Crippen MR) is 99.4 cm³/mol. The summed E-state index contributed by atoms with van der Waals surface area (Å²) in [5, 5.41) is 14.8. The van der Waals surface area contributed by atoms with Crippen molar-refractivity contribution in [3.8, 4) is 27.6 Å². The van der Waals surface area contributed by atoms with E-state index in [0.29, 0.717) is 12.2 Å². The summed E-state index contributed by atoms with van der Waals surface area (Å²) in [5.74, 6) is -0.103. The molecule has 0 spiro atoms. The summed E-state index contributed by atoms with van der Waals surface area (Å²) >= 11 is 1.47. The Hall–Kier alpha value is -3.19. The Bertz CT molecular complexity index is 1030. The first-order chi connectivity index (χ1) is 12.6. The maximum Gasteiger partial charge on any atom is 0.338 e. The van der Waals surface area contributed by atoms with E-state index in [2.05, 4.69) is 10.1 Å². The average Bonchev–Trinajstić information content (AvgIpc) is 3.22. The highest BCUT2D eigenvalue weighted by Crippen LogP contribution is 2.29. The number of ether oxygens (including phenoxy) is 1. The molecule has 0 aliphatic heterocycles. The van der Waals surface area contributed by atoms with Gasteiger partial charge >= 0.3 is 5.97 Å². The number of benzene rings is 2. The van der Waals surface area contributed by atoms with Crippen LogP contribution in [0.1, 0.15) is 17.3 Å². The number of aromatic hydroxyl groups is 1. The molecule has 2 heterocycles. The van der Waals surface area contributed by atoms with E-state index in [9.17, 15) is 9.90 Å². The molecule has 0 amide bonds. The maximum atomic E-state index is 11.7. The van der Waals surface area contributed by atoms with Crippen LogP contribution in [0.2, 0.25) is 0 Å². The highest BCUT2D eigenvalue weighted by atomic mass is 32.1. The zero-order valence-electron chi connectivity index (χ0n) is 13.9. The predicted octanol–water partition coefficient (Wildman–Crippen LogP) is 4.01. The summed E-state index contributed by atoms with van der Waals surface area (Å²) in [6, 6.07) is 14.1. The number of phenols is 1. The number of nitrogens with zero attached hydrogens (tertiary/aromatic N) is 3. The van der Waals surface area contributed by atoms with Crippen LogP contribution < -0.4 is 0 Å². The van der Waals surface area contributed by atoms with Crippen LogP contribution in [0.15, 0.2) is 54.7 Å². The van der Waals surface area contributed by atoms with Gasteiger partial charge in [-0.1, -0.05) is 23.5 Å². The molecule has 0 unspecified atom stereocenters. The highest BCUT2D eigenvalue weighted by molar-refractivity contribution is 7.19. The minimum absolute atomic E-state index is 0.226. The molecular weight excluding hydrogens is 350 g/mol. The normalized spacial score (nSPS) is 11.0. The molecule has 0 aliphatic rings. The number of carbonyl (C=O) groups excluding carboxylic acids is 1. The number of esters is 1. The molecule has 130 valence electrons. The fourth-order valence-corrected chi connectivity index (χ4v) is 3.44. The topological polar surface area (TPSA) is 76.7 Å². The number of imidazole rings is 1. The molecule has 0 saturated carbocycles.